The number of hydrogen-bond donors (Lipinski definition) is 3. The Bertz CT molecular complexity index is 692. The van der Waals surface area contributed by atoms with Crippen molar-refractivity contribution in [1.29, 1.82) is 0 Å². The Balaban J connectivity index is 2.76. The van der Waals surface area contributed by atoms with Crippen molar-refractivity contribution in [3.63, 3.8) is 0 Å². The van der Waals surface area contributed by atoms with Gasteiger partial charge in [-0.05, 0) is 17.9 Å². The van der Waals surface area contributed by atoms with E-state index in [-0.39, 0.29) is 25.4 Å². The van der Waals surface area contributed by atoms with Gasteiger partial charge in [-0.15, -0.1) is 0 Å². The third kappa shape index (κ3) is 7.26. The molecule has 0 aliphatic carbocycles. The van der Waals surface area contributed by atoms with Crippen molar-refractivity contribution in [2.45, 2.75) is 45.4 Å². The van der Waals surface area contributed by atoms with Gasteiger partial charge in [0.15, 0.2) is 0 Å². The van der Waals surface area contributed by atoms with E-state index in [9.17, 15) is 19.2 Å². The van der Waals surface area contributed by atoms with E-state index in [1.807, 2.05) is 18.2 Å². The number of alkyl carbamates (subject to hydrolysis) is 1. The monoisotopic (exact) mass is 393 g/mol. The lowest BCUT2D eigenvalue weighted by atomic mass is 10.0. The van der Waals surface area contributed by atoms with Crippen LogP contribution in [0.2, 0.25) is 0 Å². The molecule has 0 spiro atoms. The van der Waals surface area contributed by atoms with Gasteiger partial charge in [-0.3, -0.25) is 14.4 Å². The van der Waals surface area contributed by atoms with Gasteiger partial charge in [0.1, 0.15) is 18.7 Å². The zero-order valence-corrected chi connectivity index (χ0v) is 16.3. The van der Waals surface area contributed by atoms with E-state index in [4.69, 9.17) is 15.6 Å². The first-order valence-corrected chi connectivity index (χ1v) is 8.88. The summed E-state index contributed by atoms with van der Waals surface area (Å²) in [5, 5.41) is 11.3. The van der Waals surface area contributed by atoms with Gasteiger partial charge in [-0.25, -0.2) is 4.79 Å². The fraction of sp³-hybridized carbons (Fsp3) is 0.474. The van der Waals surface area contributed by atoms with Crippen LogP contribution in [0.25, 0.3) is 0 Å². The van der Waals surface area contributed by atoms with E-state index < -0.39 is 36.0 Å². The first-order valence-electron chi connectivity index (χ1n) is 8.88. The highest BCUT2D eigenvalue weighted by atomic mass is 16.5. The molecule has 4 N–H and O–H groups in total. The quantitative estimate of drug-likeness (QED) is 0.544. The van der Waals surface area contributed by atoms with Crippen molar-refractivity contribution in [3.8, 4) is 0 Å². The Labute approximate surface area is 163 Å². The molecule has 0 aliphatic heterocycles. The third-order valence-corrected chi connectivity index (χ3v) is 4.19. The van der Waals surface area contributed by atoms with E-state index in [1.54, 1.807) is 26.0 Å². The van der Waals surface area contributed by atoms with Crippen LogP contribution in [-0.2, 0) is 25.7 Å². The summed E-state index contributed by atoms with van der Waals surface area (Å²) in [4.78, 5) is 48.4. The third-order valence-electron chi connectivity index (χ3n) is 4.19. The van der Waals surface area contributed by atoms with E-state index in [1.165, 1.54) is 7.05 Å². The lowest BCUT2D eigenvalue weighted by Gasteiger charge is -2.31. The number of nitrogens with one attached hydrogen (secondary N) is 1. The van der Waals surface area contributed by atoms with Crippen molar-refractivity contribution < 1.29 is 29.0 Å². The smallest absolute Gasteiger partial charge is 0.408 e. The molecule has 0 aliphatic rings. The SMILES string of the molecule is CC(C)[C@H](NC(=O)OCc1ccccc1)C(=O)N(C)[C@H](CCC(=O)O)C(N)=O. The first kappa shape index (κ1) is 22.9. The molecule has 0 bridgehead atoms. The fourth-order valence-corrected chi connectivity index (χ4v) is 2.57. The predicted octanol–water partition coefficient (Wildman–Crippen LogP) is 1.11. The zero-order valence-electron chi connectivity index (χ0n) is 16.3. The fourth-order valence-electron chi connectivity index (χ4n) is 2.57. The molecule has 1 aromatic rings. The zero-order chi connectivity index (χ0) is 21.3. The molecule has 9 nitrogen and oxygen atoms in total. The number of primary amides is 1. The molecule has 0 heterocycles. The molecule has 1 rings (SSSR count). The lowest BCUT2D eigenvalue weighted by Crippen LogP contribution is -2.55. The van der Waals surface area contributed by atoms with Crippen LogP contribution in [0, 0.1) is 5.92 Å². The molecular formula is C19H27N3O6. The Morgan fingerprint density at radius 1 is 1.18 bits per heavy atom. The number of benzene rings is 1. The molecule has 1 aromatic carbocycles. The number of carbonyl (C=O) groups is 4. The summed E-state index contributed by atoms with van der Waals surface area (Å²) in [6.07, 6.45) is -1.20. The van der Waals surface area contributed by atoms with E-state index in [0.29, 0.717) is 0 Å². The van der Waals surface area contributed by atoms with Gasteiger partial charge >= 0.3 is 12.1 Å². The molecule has 0 saturated heterocycles. The number of nitrogens with zero attached hydrogens (tertiary/aromatic N) is 1. The van der Waals surface area contributed by atoms with Gasteiger partial charge in [0.25, 0.3) is 0 Å². The van der Waals surface area contributed by atoms with Crippen LogP contribution < -0.4 is 11.1 Å². The second-order valence-corrected chi connectivity index (χ2v) is 6.73. The Morgan fingerprint density at radius 2 is 1.79 bits per heavy atom. The number of aliphatic carboxylic acids is 1. The summed E-state index contributed by atoms with van der Waals surface area (Å²) in [6.45, 7) is 3.50. The van der Waals surface area contributed by atoms with Gasteiger partial charge in [-0.2, -0.15) is 0 Å². The van der Waals surface area contributed by atoms with Crippen LogP contribution in [0.4, 0.5) is 4.79 Å². The van der Waals surface area contributed by atoms with E-state index >= 15 is 0 Å². The average molecular weight is 393 g/mol. The van der Waals surface area contributed by atoms with Gasteiger partial charge in [-0.1, -0.05) is 44.2 Å². The molecule has 0 saturated carbocycles. The lowest BCUT2D eigenvalue weighted by molar-refractivity contribution is -0.142. The second kappa shape index (κ2) is 10.9. The Hall–Kier alpha value is -3.10. The summed E-state index contributed by atoms with van der Waals surface area (Å²) in [5.74, 6) is -2.77. The average Bonchev–Trinajstić information content (AvgIpc) is 2.64. The number of carbonyl (C=O) groups excluding carboxylic acids is 3. The molecule has 0 aromatic heterocycles. The van der Waals surface area contributed by atoms with Crippen LogP contribution in [0.3, 0.4) is 0 Å². The molecule has 154 valence electrons. The normalized spacial score (nSPS) is 12.7. The molecule has 0 fully saturated rings. The maximum absolute atomic E-state index is 12.8. The Morgan fingerprint density at radius 3 is 2.29 bits per heavy atom. The van der Waals surface area contributed by atoms with Gasteiger partial charge < -0.3 is 25.8 Å². The minimum atomic E-state index is -1.10. The summed E-state index contributed by atoms with van der Waals surface area (Å²) >= 11 is 0. The predicted molar refractivity (Wildman–Crippen MR) is 101 cm³/mol. The summed E-state index contributed by atoms with van der Waals surface area (Å²) in [7, 11) is 1.35. The molecule has 9 heteroatoms. The highest BCUT2D eigenvalue weighted by Crippen LogP contribution is 2.12. The van der Waals surface area contributed by atoms with Gasteiger partial charge in [0, 0.05) is 13.5 Å². The van der Waals surface area contributed by atoms with Crippen molar-refractivity contribution in [2.75, 3.05) is 7.05 Å². The maximum atomic E-state index is 12.8. The molecule has 2 atom stereocenters. The maximum Gasteiger partial charge on any atom is 0.408 e. The number of hydrogen-bond acceptors (Lipinski definition) is 5. The topological polar surface area (TPSA) is 139 Å². The number of carboxylic acid groups (broad SMARTS) is 1. The standard InChI is InChI=1S/C19H27N3O6/c1-12(2)16(21-19(27)28-11-13-7-5-4-6-8-13)18(26)22(3)14(17(20)25)9-10-15(23)24/h4-8,12,14,16H,9-11H2,1-3H3,(H2,20,25)(H,21,27)(H,23,24)/t14-,16+/m1/s1. The van der Waals surface area contributed by atoms with Crippen molar-refractivity contribution in [3.05, 3.63) is 35.9 Å². The largest absolute Gasteiger partial charge is 0.481 e. The highest BCUT2D eigenvalue weighted by molar-refractivity contribution is 5.91. The van der Waals surface area contributed by atoms with Crippen LogP contribution in [0.15, 0.2) is 30.3 Å². The van der Waals surface area contributed by atoms with Gasteiger partial charge in [0.05, 0.1) is 0 Å². The molecule has 3 amide bonds. The molecular weight excluding hydrogens is 366 g/mol. The number of carboxylic acids is 1. The van der Waals surface area contributed by atoms with Crippen molar-refractivity contribution in [2.24, 2.45) is 11.7 Å². The number of likely N-dealkylation sites (N-methyl/N-ethyl adjacent to an activating group) is 1. The van der Waals surface area contributed by atoms with Crippen LogP contribution >= 0.6 is 0 Å². The van der Waals surface area contributed by atoms with E-state index in [0.717, 1.165) is 10.5 Å². The second-order valence-electron chi connectivity index (χ2n) is 6.73. The van der Waals surface area contributed by atoms with Crippen LogP contribution in [0.5, 0.6) is 0 Å². The summed E-state index contributed by atoms with van der Waals surface area (Å²) < 4.78 is 5.14. The number of rotatable bonds is 10. The highest BCUT2D eigenvalue weighted by Gasteiger charge is 2.33. The Kier molecular flexibility index (Phi) is 8.94. The van der Waals surface area contributed by atoms with Crippen molar-refractivity contribution >= 4 is 23.9 Å². The van der Waals surface area contributed by atoms with E-state index in [2.05, 4.69) is 5.32 Å². The number of amides is 3. The summed E-state index contributed by atoms with van der Waals surface area (Å²) in [6, 6.07) is 7.01. The first-order chi connectivity index (χ1) is 13.1. The number of ether oxygens (including phenoxy) is 1. The number of nitrogens with two attached hydrogens (primary N) is 1. The molecule has 0 radical (unpaired) electrons. The minimum absolute atomic E-state index is 0.0457. The molecule has 0 unspecified atom stereocenters. The minimum Gasteiger partial charge on any atom is -0.481 e. The van der Waals surface area contributed by atoms with Crippen molar-refractivity contribution in [1.82, 2.24) is 10.2 Å². The summed E-state index contributed by atoms with van der Waals surface area (Å²) in [5.41, 5.74) is 6.11. The van der Waals surface area contributed by atoms with Crippen LogP contribution in [0.1, 0.15) is 32.3 Å². The van der Waals surface area contributed by atoms with Gasteiger partial charge in [0.2, 0.25) is 11.8 Å². The molecule has 28 heavy (non-hydrogen) atoms. The van der Waals surface area contributed by atoms with Crippen LogP contribution in [-0.4, -0.2) is 53.0 Å².